The third-order valence-corrected chi connectivity index (χ3v) is 3.46. The van der Waals surface area contributed by atoms with Crippen LogP contribution in [0.4, 0.5) is 0 Å². The van der Waals surface area contributed by atoms with Gasteiger partial charge in [0, 0.05) is 16.1 Å². The molecule has 0 fully saturated rings. The van der Waals surface area contributed by atoms with Crippen LogP contribution in [0.2, 0.25) is 5.02 Å². The molecule has 2 rings (SSSR count). The monoisotopic (exact) mass is 305 g/mol. The molecule has 5 nitrogen and oxygen atoms in total. The summed E-state index contributed by atoms with van der Waals surface area (Å²) in [6.07, 6.45) is 0. The van der Waals surface area contributed by atoms with Gasteiger partial charge in [-0.25, -0.2) is 4.79 Å². The first kappa shape index (κ1) is 15.3. The molecule has 1 aromatic heterocycles. The van der Waals surface area contributed by atoms with Crippen molar-refractivity contribution in [2.75, 3.05) is 7.11 Å². The Bertz CT molecular complexity index is 734. The smallest absolute Gasteiger partial charge is 0.339 e. The molecule has 0 radical (unpaired) electrons. The van der Waals surface area contributed by atoms with Crippen LogP contribution in [0, 0.1) is 0 Å². The second-order valence-corrected chi connectivity index (χ2v) is 5.10. The van der Waals surface area contributed by atoms with E-state index in [0.29, 0.717) is 10.7 Å². The third-order valence-electron chi connectivity index (χ3n) is 3.22. The van der Waals surface area contributed by atoms with Crippen LogP contribution in [0.5, 0.6) is 0 Å². The van der Waals surface area contributed by atoms with Crippen molar-refractivity contribution in [2.24, 2.45) is 4.99 Å². The number of H-pyrrole nitrogens is 1. The third kappa shape index (κ3) is 3.13. The molecule has 1 aromatic carbocycles. The number of benzene rings is 1. The number of nitrogens with zero attached hydrogens (tertiary/aromatic N) is 2. The summed E-state index contributed by atoms with van der Waals surface area (Å²) in [6.45, 7) is 7.32. The summed E-state index contributed by atoms with van der Waals surface area (Å²) in [5.74, 6) is -0.482. The highest BCUT2D eigenvalue weighted by molar-refractivity contribution is 6.31. The number of carbonyl (C=O) groups is 1. The molecule has 6 heteroatoms. The van der Waals surface area contributed by atoms with E-state index in [1.54, 1.807) is 19.1 Å². The number of fused-ring (bicyclic) bond motifs is 1. The van der Waals surface area contributed by atoms with Crippen molar-refractivity contribution in [3.63, 3.8) is 0 Å². The fraction of sp³-hybridized carbons (Fsp3) is 0.267. The van der Waals surface area contributed by atoms with Crippen molar-refractivity contribution in [3.8, 4) is 0 Å². The van der Waals surface area contributed by atoms with Gasteiger partial charge in [-0.3, -0.25) is 10.1 Å². The number of hydrogen-bond donors (Lipinski definition) is 1. The number of rotatable bonds is 4. The van der Waals surface area contributed by atoms with Crippen molar-refractivity contribution in [1.82, 2.24) is 10.2 Å². The van der Waals surface area contributed by atoms with Crippen molar-refractivity contribution in [2.45, 2.75) is 19.9 Å². The molecule has 0 aliphatic rings. The zero-order valence-corrected chi connectivity index (χ0v) is 12.9. The number of aromatic amines is 1. The minimum atomic E-state index is -0.482. The van der Waals surface area contributed by atoms with Gasteiger partial charge >= 0.3 is 5.97 Å². The first-order valence-electron chi connectivity index (χ1n) is 6.39. The van der Waals surface area contributed by atoms with Crippen LogP contribution >= 0.6 is 11.6 Å². The number of hydrogen-bond acceptors (Lipinski definition) is 4. The lowest BCUT2D eigenvalue weighted by Gasteiger charge is -2.08. The van der Waals surface area contributed by atoms with Gasteiger partial charge in [-0.2, -0.15) is 5.10 Å². The maximum absolute atomic E-state index is 11.4. The van der Waals surface area contributed by atoms with Gasteiger partial charge in [0.15, 0.2) is 0 Å². The van der Waals surface area contributed by atoms with Crippen molar-refractivity contribution in [3.05, 3.63) is 41.1 Å². The minimum Gasteiger partial charge on any atom is -0.465 e. The van der Waals surface area contributed by atoms with Crippen LogP contribution in [0.1, 0.15) is 25.6 Å². The Morgan fingerprint density at radius 2 is 2.24 bits per heavy atom. The van der Waals surface area contributed by atoms with E-state index in [9.17, 15) is 4.79 Å². The van der Waals surface area contributed by atoms with Gasteiger partial charge in [0.25, 0.3) is 0 Å². The van der Waals surface area contributed by atoms with E-state index in [4.69, 9.17) is 11.6 Å². The number of halogens is 1. The molecule has 1 heterocycles. The van der Waals surface area contributed by atoms with Gasteiger partial charge in [-0.15, -0.1) is 0 Å². The highest BCUT2D eigenvalue weighted by Crippen LogP contribution is 2.26. The normalized spacial score (nSPS) is 13.2. The highest BCUT2D eigenvalue weighted by atomic mass is 35.5. The Kier molecular flexibility index (Phi) is 4.43. The van der Waals surface area contributed by atoms with Crippen LogP contribution in [0.25, 0.3) is 10.9 Å². The lowest BCUT2D eigenvalue weighted by Crippen LogP contribution is -2.11. The lowest BCUT2D eigenvalue weighted by atomic mass is 10.1. The summed E-state index contributed by atoms with van der Waals surface area (Å²) in [6, 6.07) is 5.29. The van der Waals surface area contributed by atoms with E-state index in [0.717, 1.165) is 16.6 Å². The van der Waals surface area contributed by atoms with E-state index in [1.807, 2.05) is 13.0 Å². The second-order valence-electron chi connectivity index (χ2n) is 4.66. The van der Waals surface area contributed by atoms with Gasteiger partial charge < -0.3 is 4.74 Å². The van der Waals surface area contributed by atoms with Gasteiger partial charge in [0.2, 0.25) is 0 Å². The lowest BCUT2D eigenvalue weighted by molar-refractivity contribution is -0.135. The molecule has 0 amide bonds. The average Bonchev–Trinajstić information content (AvgIpc) is 2.88. The molecule has 1 atom stereocenters. The largest absolute Gasteiger partial charge is 0.465 e. The summed E-state index contributed by atoms with van der Waals surface area (Å²) >= 11 is 5.94. The fourth-order valence-corrected chi connectivity index (χ4v) is 2.19. The Labute approximate surface area is 127 Å². The number of aromatic nitrogens is 2. The molecule has 21 heavy (non-hydrogen) atoms. The molecule has 0 aliphatic heterocycles. The molecule has 0 bridgehead atoms. The molecular weight excluding hydrogens is 290 g/mol. The summed E-state index contributed by atoms with van der Waals surface area (Å²) in [5.41, 5.74) is 2.42. The summed E-state index contributed by atoms with van der Waals surface area (Å²) in [4.78, 5) is 15.9. The van der Waals surface area contributed by atoms with Crippen molar-refractivity contribution < 1.29 is 9.53 Å². The predicted molar refractivity (Wildman–Crippen MR) is 83.8 cm³/mol. The molecule has 1 unspecified atom stereocenters. The van der Waals surface area contributed by atoms with E-state index in [1.165, 1.54) is 7.11 Å². The number of nitrogens with one attached hydrogen (secondary N) is 1. The number of methoxy groups -OCH3 is 1. The van der Waals surface area contributed by atoms with Crippen LogP contribution in [-0.4, -0.2) is 29.0 Å². The van der Waals surface area contributed by atoms with Crippen LogP contribution < -0.4 is 0 Å². The zero-order valence-electron chi connectivity index (χ0n) is 12.1. The number of ether oxygens (including phenoxy) is 1. The van der Waals surface area contributed by atoms with E-state index in [-0.39, 0.29) is 11.6 Å². The van der Waals surface area contributed by atoms with Crippen LogP contribution in [0.15, 0.2) is 35.3 Å². The quantitative estimate of drug-likeness (QED) is 0.534. The van der Waals surface area contributed by atoms with Gasteiger partial charge in [-0.1, -0.05) is 18.2 Å². The van der Waals surface area contributed by atoms with Gasteiger partial charge in [0.1, 0.15) is 0 Å². The minimum absolute atomic E-state index is 0.197. The Morgan fingerprint density at radius 1 is 1.52 bits per heavy atom. The molecular formula is C15H16ClN3O2. The Morgan fingerprint density at radius 3 is 2.90 bits per heavy atom. The van der Waals surface area contributed by atoms with Gasteiger partial charge in [0.05, 0.1) is 29.9 Å². The molecule has 0 aliphatic carbocycles. The first-order chi connectivity index (χ1) is 9.93. The number of aliphatic imine (C=N–C) groups is 1. The van der Waals surface area contributed by atoms with Crippen LogP contribution in [-0.2, 0) is 9.53 Å². The molecule has 110 valence electrons. The predicted octanol–water partition coefficient (Wildman–Crippen LogP) is 3.47. The van der Waals surface area contributed by atoms with E-state index >= 15 is 0 Å². The summed E-state index contributed by atoms with van der Waals surface area (Å²) < 4.78 is 4.63. The second kappa shape index (κ2) is 6.10. The molecule has 0 saturated heterocycles. The van der Waals surface area contributed by atoms with Gasteiger partial charge in [-0.05, 0) is 32.0 Å². The maximum Gasteiger partial charge on any atom is 0.339 e. The van der Waals surface area contributed by atoms with Crippen molar-refractivity contribution in [1.29, 1.82) is 0 Å². The number of carbonyl (C=O) groups excluding carboxylic acids is 1. The van der Waals surface area contributed by atoms with Crippen LogP contribution in [0.3, 0.4) is 0 Å². The average molecular weight is 306 g/mol. The zero-order chi connectivity index (χ0) is 15.6. The first-order valence-corrected chi connectivity index (χ1v) is 6.77. The Hall–Kier alpha value is -2.14. The highest BCUT2D eigenvalue weighted by Gasteiger charge is 2.15. The number of esters is 1. The van der Waals surface area contributed by atoms with E-state index < -0.39 is 5.97 Å². The molecule has 2 aromatic rings. The maximum atomic E-state index is 11.4. The molecule has 1 N–H and O–H groups in total. The standard InChI is InChI=1S/C15H16ClN3O2/c1-8(15(20)21-4)9(2)17-10(3)14-12-6-5-11(16)7-13(12)18-19-14/h5-7,10H,1H2,2-4H3,(H,18,19). The summed E-state index contributed by atoms with van der Waals surface area (Å²) in [7, 11) is 1.32. The Balaban J connectivity index is 2.32. The van der Waals surface area contributed by atoms with Crippen molar-refractivity contribution >= 4 is 34.2 Å². The summed E-state index contributed by atoms with van der Waals surface area (Å²) in [5, 5.41) is 8.76. The molecule has 0 spiro atoms. The van der Waals surface area contributed by atoms with E-state index in [2.05, 4.69) is 26.5 Å². The topological polar surface area (TPSA) is 67.3 Å². The SMILES string of the molecule is C=C(C(=O)OC)C(C)=NC(C)c1[nH]nc2cc(Cl)ccc12. The fourth-order valence-electron chi connectivity index (χ4n) is 2.03. The molecule has 0 saturated carbocycles.